The van der Waals surface area contributed by atoms with Gasteiger partial charge in [-0.2, -0.15) is 0 Å². The number of rotatable bonds is 3. The molecule has 0 aliphatic rings. The third-order valence-electron chi connectivity index (χ3n) is 8.34. The molecular formula is C42H26O. The van der Waals surface area contributed by atoms with Crippen molar-refractivity contribution < 1.29 is 14.0 Å². The van der Waals surface area contributed by atoms with Crippen LogP contribution in [0.2, 0.25) is 0 Å². The Balaban J connectivity index is 1.34. The molecule has 43 heavy (non-hydrogen) atoms. The molecule has 0 fully saturated rings. The maximum atomic E-state index is 9.52. The molecule has 0 saturated carbocycles. The van der Waals surface area contributed by atoms with Crippen molar-refractivity contribution in [3.05, 3.63) is 158 Å². The predicted octanol–water partition coefficient (Wildman–Crippen LogP) is 12.0. The van der Waals surface area contributed by atoms with Crippen LogP contribution < -0.4 is 0 Å². The number of furan rings is 1. The summed E-state index contributed by atoms with van der Waals surface area (Å²) in [6.45, 7) is 0. The van der Waals surface area contributed by atoms with E-state index >= 15 is 0 Å². The summed E-state index contributed by atoms with van der Waals surface area (Å²) in [5.74, 6) is 0. The van der Waals surface area contributed by atoms with E-state index in [0.717, 1.165) is 43.8 Å². The van der Waals surface area contributed by atoms with Gasteiger partial charge < -0.3 is 4.42 Å². The number of hydrogen-bond donors (Lipinski definition) is 0. The van der Waals surface area contributed by atoms with E-state index in [0.29, 0.717) is 5.56 Å². The zero-order chi connectivity index (χ0) is 34.4. The minimum absolute atomic E-state index is 0.0438. The fourth-order valence-electron chi connectivity index (χ4n) is 6.43. The summed E-state index contributed by atoms with van der Waals surface area (Å²) in [7, 11) is 0. The van der Waals surface area contributed by atoms with Gasteiger partial charge in [0.05, 0.1) is 9.60 Å². The van der Waals surface area contributed by atoms with Gasteiger partial charge in [0, 0.05) is 10.8 Å². The van der Waals surface area contributed by atoms with Gasteiger partial charge in [-0.15, -0.1) is 0 Å². The first-order valence-electron chi connectivity index (χ1n) is 17.7. The normalized spacial score (nSPS) is 14.0. The van der Waals surface area contributed by atoms with Crippen molar-refractivity contribution in [1.82, 2.24) is 0 Å². The third kappa shape index (κ3) is 3.72. The van der Waals surface area contributed by atoms with Gasteiger partial charge in [-0.05, 0) is 83.8 Å². The third-order valence-corrected chi connectivity index (χ3v) is 8.34. The minimum atomic E-state index is -0.455. The average molecular weight is 554 g/mol. The molecule has 8 aromatic carbocycles. The van der Waals surface area contributed by atoms with Crippen LogP contribution in [0.5, 0.6) is 0 Å². The maximum absolute atomic E-state index is 9.52. The van der Waals surface area contributed by atoms with Crippen LogP contribution in [0, 0.1) is 0 Å². The molecule has 1 aromatic heterocycles. The minimum Gasteiger partial charge on any atom is -0.456 e. The van der Waals surface area contributed by atoms with Crippen molar-refractivity contribution >= 4 is 54.3 Å². The van der Waals surface area contributed by atoms with E-state index in [4.69, 9.17) is 11.3 Å². The van der Waals surface area contributed by atoms with Crippen LogP contribution in [0.3, 0.4) is 0 Å². The molecule has 0 N–H and O–H groups in total. The quantitative estimate of drug-likeness (QED) is 0.198. The topological polar surface area (TPSA) is 13.1 Å². The van der Waals surface area contributed by atoms with Crippen LogP contribution in [0.1, 0.15) is 9.60 Å². The first-order chi connectivity index (χ1) is 24.3. The molecule has 1 heteroatoms. The Morgan fingerprint density at radius 1 is 0.395 bits per heavy atom. The van der Waals surface area contributed by atoms with Crippen molar-refractivity contribution in [2.45, 2.75) is 0 Å². The average Bonchev–Trinajstić information content (AvgIpc) is 3.57. The fraction of sp³-hybridized carbons (Fsp3) is 0. The van der Waals surface area contributed by atoms with Gasteiger partial charge in [-0.25, -0.2) is 0 Å². The Bertz CT molecular complexity index is 2830. The monoisotopic (exact) mass is 553 g/mol. The van der Waals surface area contributed by atoms with Gasteiger partial charge in [0.2, 0.25) is 0 Å². The molecule has 0 aliphatic heterocycles. The van der Waals surface area contributed by atoms with Gasteiger partial charge in [0.1, 0.15) is 11.2 Å². The number of para-hydroxylation sites is 1. The summed E-state index contributed by atoms with van der Waals surface area (Å²) >= 11 is 0. The van der Waals surface area contributed by atoms with E-state index in [2.05, 4.69) is 60.7 Å². The Morgan fingerprint density at radius 3 is 1.67 bits per heavy atom. The van der Waals surface area contributed by atoms with Crippen molar-refractivity contribution in [1.29, 1.82) is 0 Å². The molecule has 0 spiro atoms. The number of benzene rings is 8. The molecule has 0 radical (unpaired) electrons. The largest absolute Gasteiger partial charge is 0.456 e. The van der Waals surface area contributed by atoms with E-state index in [1.54, 1.807) is 0 Å². The second-order valence-electron chi connectivity index (χ2n) is 10.7. The highest BCUT2D eigenvalue weighted by atomic mass is 16.3. The molecule has 1 heterocycles. The van der Waals surface area contributed by atoms with E-state index in [1.807, 2.05) is 54.6 Å². The predicted molar refractivity (Wildman–Crippen MR) is 183 cm³/mol. The standard InChI is InChI=1S/C42H26O/c1-2-12-31-27(10-1)11-9-18-32(31)28-20-22-29(23-21-28)41-34-14-3-5-16-36(34)42(37-17-6-4-15-35(37)41)30-24-25-40-38(26-30)33-13-7-8-19-39(33)43-40/h1-26H/i7D,8D,13D,19D,24D,25D,26D. The Kier molecular flexibility index (Phi) is 3.95. The van der Waals surface area contributed by atoms with Gasteiger partial charge in [0.25, 0.3) is 0 Å². The molecule has 0 bridgehead atoms. The molecule has 0 aliphatic carbocycles. The Hall–Kier alpha value is -5.66. The molecule has 0 saturated heterocycles. The molecule has 0 atom stereocenters. The summed E-state index contributed by atoms with van der Waals surface area (Å²) in [6.07, 6.45) is 0. The number of fused-ring (bicyclic) bond motifs is 6. The highest BCUT2D eigenvalue weighted by Crippen LogP contribution is 2.45. The molecular weight excluding hydrogens is 520 g/mol. The van der Waals surface area contributed by atoms with Gasteiger partial charge >= 0.3 is 0 Å². The van der Waals surface area contributed by atoms with Crippen LogP contribution in [-0.4, -0.2) is 0 Å². The zero-order valence-electron chi connectivity index (χ0n) is 29.9. The summed E-state index contributed by atoms with van der Waals surface area (Å²) in [4.78, 5) is 0. The lowest BCUT2D eigenvalue weighted by Gasteiger charge is -2.18. The van der Waals surface area contributed by atoms with Crippen molar-refractivity contribution in [3.63, 3.8) is 0 Å². The molecule has 9 rings (SSSR count). The van der Waals surface area contributed by atoms with Crippen LogP contribution in [0.25, 0.3) is 87.6 Å². The maximum Gasteiger partial charge on any atom is 0.135 e. The second kappa shape index (κ2) is 9.44. The summed E-state index contributed by atoms with van der Waals surface area (Å²) in [5.41, 5.74) is 4.90. The zero-order valence-corrected chi connectivity index (χ0v) is 22.9. The van der Waals surface area contributed by atoms with E-state index in [1.165, 1.54) is 10.8 Å². The van der Waals surface area contributed by atoms with E-state index in [9.17, 15) is 2.74 Å². The van der Waals surface area contributed by atoms with Gasteiger partial charge in [-0.1, -0.05) is 139 Å². The molecule has 9 aromatic rings. The SMILES string of the molecule is [2H]c1c([2H])c([2H])c2c(oc3c([2H])c([2H])c(-c4c5ccccc5c(-c5ccc(-c6cccc7ccccc67)cc5)c5ccccc45)c([2H])c32)c1[2H]. The fourth-order valence-corrected chi connectivity index (χ4v) is 6.43. The number of hydrogen-bond acceptors (Lipinski definition) is 1. The first-order valence-corrected chi connectivity index (χ1v) is 14.2. The van der Waals surface area contributed by atoms with Gasteiger partial charge in [0.15, 0.2) is 0 Å². The van der Waals surface area contributed by atoms with Crippen LogP contribution in [0.4, 0.5) is 0 Å². The molecule has 200 valence electrons. The van der Waals surface area contributed by atoms with Crippen LogP contribution in [-0.2, 0) is 0 Å². The summed E-state index contributed by atoms with van der Waals surface area (Å²) in [6, 6.07) is 36.8. The van der Waals surface area contributed by atoms with Crippen molar-refractivity contribution in [2.24, 2.45) is 0 Å². The van der Waals surface area contributed by atoms with Gasteiger partial charge in [-0.3, -0.25) is 0 Å². The smallest absolute Gasteiger partial charge is 0.135 e. The Labute approximate surface area is 259 Å². The first kappa shape index (κ1) is 18.0. The highest BCUT2D eigenvalue weighted by Gasteiger charge is 2.18. The lowest BCUT2D eigenvalue weighted by Crippen LogP contribution is -1.91. The lowest BCUT2D eigenvalue weighted by molar-refractivity contribution is 0.669. The molecule has 1 nitrogen and oxygen atoms in total. The van der Waals surface area contributed by atoms with Crippen molar-refractivity contribution in [3.8, 4) is 33.4 Å². The van der Waals surface area contributed by atoms with E-state index in [-0.39, 0.29) is 57.7 Å². The van der Waals surface area contributed by atoms with E-state index < -0.39 is 12.1 Å². The highest BCUT2D eigenvalue weighted by molar-refractivity contribution is 6.22. The van der Waals surface area contributed by atoms with Crippen molar-refractivity contribution in [2.75, 3.05) is 0 Å². The second-order valence-corrected chi connectivity index (χ2v) is 10.7. The molecule has 0 unspecified atom stereocenters. The lowest BCUT2D eigenvalue weighted by atomic mass is 9.85. The Morgan fingerprint density at radius 2 is 0.953 bits per heavy atom. The van der Waals surface area contributed by atoms with Crippen LogP contribution >= 0.6 is 0 Å². The van der Waals surface area contributed by atoms with Crippen LogP contribution in [0.15, 0.2) is 162 Å². The molecule has 0 amide bonds. The summed E-state index contributed by atoms with van der Waals surface area (Å²) < 4.78 is 67.2. The summed E-state index contributed by atoms with van der Waals surface area (Å²) in [5, 5.41) is 5.96.